The fourth-order valence-electron chi connectivity index (χ4n) is 0. The fraction of sp³-hybridized carbons (Fsp3) is 0. The van der Waals surface area contributed by atoms with Gasteiger partial charge in [-0.25, -0.2) is 0 Å². The quantitative estimate of drug-likeness (QED) is 0.536. The van der Waals surface area contributed by atoms with Crippen LogP contribution in [0.5, 0.6) is 0 Å². The van der Waals surface area contributed by atoms with E-state index in [4.69, 9.17) is 4.21 Å². The van der Waals surface area contributed by atoms with E-state index < -0.39 is 0 Å². The van der Waals surface area contributed by atoms with Crippen molar-refractivity contribution in [2.45, 2.75) is 0 Å². The molecule has 0 aromatic heterocycles. The Morgan fingerprint density at radius 1 is 1.25 bits per heavy atom. The molecule has 0 amide bonds. The van der Waals surface area contributed by atoms with E-state index >= 15 is 0 Å². The second-order valence-corrected chi connectivity index (χ2v) is 0. The summed E-state index contributed by atoms with van der Waals surface area (Å²) in [6, 6.07) is 0. The van der Waals surface area contributed by atoms with Crippen molar-refractivity contribution < 1.29 is 47.7 Å². The third-order valence-electron chi connectivity index (χ3n) is 0. The minimum absolute atomic E-state index is 0. The van der Waals surface area contributed by atoms with Gasteiger partial charge >= 0.3 is 0 Å². The largest absolute Gasteiger partial charge is 0.197 e. The zero-order valence-corrected chi connectivity index (χ0v) is 6.69. The van der Waals surface area contributed by atoms with Crippen LogP contribution in [-0.4, -0.2) is 4.21 Å². The van der Waals surface area contributed by atoms with E-state index in [-0.39, 0.29) is 43.4 Å². The molecule has 0 spiro atoms. The van der Waals surface area contributed by atoms with E-state index in [0.717, 1.165) is 0 Å². The molecule has 1 nitrogen and oxygen atoms in total. The van der Waals surface area contributed by atoms with E-state index in [1.165, 1.54) is 0 Å². The Hall–Kier alpha value is 1.45. The van der Waals surface area contributed by atoms with Gasteiger partial charge in [0.2, 0.25) is 0 Å². The van der Waals surface area contributed by atoms with Gasteiger partial charge in [0, 0.05) is 43.4 Å². The summed E-state index contributed by atoms with van der Waals surface area (Å²) in [4.78, 5) is 0. The summed E-state index contributed by atoms with van der Waals surface area (Å²) in [6.45, 7) is 0. The zero-order chi connectivity index (χ0) is 2.00. The van der Waals surface area contributed by atoms with E-state index in [2.05, 4.69) is 12.5 Å². The summed E-state index contributed by atoms with van der Waals surface area (Å²) in [5, 5.41) is 0. The topological polar surface area (TPSA) is 17.1 Å². The summed E-state index contributed by atoms with van der Waals surface area (Å²) in [5.41, 5.74) is 0. The van der Waals surface area contributed by atoms with E-state index in [9.17, 15) is 0 Å². The Labute approximate surface area is 59.8 Å². The molecule has 0 unspecified atom stereocenters. The van der Waals surface area contributed by atoms with Crippen molar-refractivity contribution >= 4 is 12.5 Å². The average Bonchev–Trinajstić information content (AvgIpc) is 1.00. The van der Waals surface area contributed by atoms with Crippen molar-refractivity contribution in [1.29, 1.82) is 0 Å². The first kappa shape index (κ1) is 18.0. The van der Waals surface area contributed by atoms with Gasteiger partial charge in [-0.15, -0.1) is 0 Å². The van der Waals surface area contributed by atoms with Crippen LogP contribution in [-0.2, 0) is 56.0 Å². The van der Waals surface area contributed by atoms with Crippen molar-refractivity contribution in [3.63, 3.8) is 0 Å². The second kappa shape index (κ2) is 25.2. The Balaban J connectivity index is -0.00000000500. The Morgan fingerprint density at radius 2 is 1.25 bits per heavy atom. The summed E-state index contributed by atoms with van der Waals surface area (Å²) >= 11 is 2.83. The summed E-state index contributed by atoms with van der Waals surface area (Å²) in [6.07, 6.45) is 0. The van der Waals surface area contributed by atoms with Crippen molar-refractivity contribution in [2.75, 3.05) is 0 Å². The number of rotatable bonds is 0. The normalized spacial score (nSPS) is 1.00. The number of hydrogen-bond donors (Lipinski definition) is 0. The first-order valence-corrected chi connectivity index (χ1v) is 0.500. The maximum Gasteiger partial charge on any atom is 0.197 e. The summed E-state index contributed by atoms with van der Waals surface area (Å²) in [7, 11) is 0. The molecule has 0 saturated carbocycles. The standard InChI is InChI=1S/Mo.Nb.OS/c;;1-2. The molecule has 0 aliphatic rings. The molecule has 0 aliphatic heterocycles. The van der Waals surface area contributed by atoms with Gasteiger partial charge in [-0.05, 0) is 0 Å². The summed E-state index contributed by atoms with van der Waals surface area (Å²) in [5.74, 6) is 0. The molecule has 0 saturated heterocycles. The van der Waals surface area contributed by atoms with Crippen LogP contribution in [0.3, 0.4) is 0 Å². The van der Waals surface area contributed by atoms with Gasteiger partial charge in [0.1, 0.15) is 0 Å². The van der Waals surface area contributed by atoms with Crippen LogP contribution in [0, 0.1) is 0 Å². The molecular formula is MoNbOS. The molecular weight excluding hydrogens is 237 g/mol. The molecule has 0 atom stereocenters. The number of hydrogen-bond acceptors (Lipinski definition) is 2. The van der Waals surface area contributed by atoms with Gasteiger partial charge in [-0.1, -0.05) is 0 Å². The van der Waals surface area contributed by atoms with Crippen molar-refractivity contribution in [3.05, 3.63) is 0 Å². The predicted octanol–water partition coefficient (Wildman–Crippen LogP) is -0.341. The van der Waals surface area contributed by atoms with Crippen LogP contribution in [0.1, 0.15) is 0 Å². The SMILES string of the molecule is O=S.[Mo].[Nb]. The van der Waals surface area contributed by atoms with Crippen LogP contribution in [0.25, 0.3) is 0 Å². The molecule has 4 heteroatoms. The first-order valence-electron chi connectivity index (χ1n) is 0.167. The molecule has 0 bridgehead atoms. The molecule has 0 aliphatic carbocycles. The van der Waals surface area contributed by atoms with Crippen LogP contribution in [0.15, 0.2) is 0 Å². The molecule has 0 fully saturated rings. The monoisotopic (exact) mass is 239 g/mol. The maximum atomic E-state index is 7.83. The van der Waals surface area contributed by atoms with Gasteiger partial charge in [-0.2, -0.15) is 4.21 Å². The molecule has 0 aromatic rings. The first-order chi connectivity index (χ1) is 1.00. The zero-order valence-electron chi connectivity index (χ0n) is 1.67. The fourth-order valence-corrected chi connectivity index (χ4v) is 0. The Bertz CT molecular complexity index is 8.00. The van der Waals surface area contributed by atoms with E-state index in [0.29, 0.717) is 0 Å². The minimum Gasteiger partial charge on any atom is -0.197 e. The third-order valence-corrected chi connectivity index (χ3v) is 0. The molecule has 0 heterocycles. The molecule has 0 rings (SSSR count). The van der Waals surface area contributed by atoms with Crippen LogP contribution < -0.4 is 0 Å². The van der Waals surface area contributed by atoms with E-state index in [1.54, 1.807) is 0 Å². The van der Waals surface area contributed by atoms with Crippen molar-refractivity contribution in [2.24, 2.45) is 0 Å². The Kier molecular flexibility index (Phi) is 113. The molecule has 23 valence electrons. The molecule has 1 radical (unpaired) electrons. The second-order valence-electron chi connectivity index (χ2n) is 0. The Morgan fingerprint density at radius 3 is 1.25 bits per heavy atom. The molecule has 0 aromatic carbocycles. The maximum absolute atomic E-state index is 7.83. The van der Waals surface area contributed by atoms with Gasteiger partial charge in [0.15, 0.2) is 12.5 Å². The van der Waals surface area contributed by atoms with Gasteiger partial charge in [0.25, 0.3) is 0 Å². The summed E-state index contributed by atoms with van der Waals surface area (Å²) < 4.78 is 7.83. The van der Waals surface area contributed by atoms with Gasteiger partial charge < -0.3 is 0 Å². The minimum atomic E-state index is 0. The third kappa shape index (κ3) is 9.85. The van der Waals surface area contributed by atoms with Crippen molar-refractivity contribution in [1.82, 2.24) is 0 Å². The average molecular weight is 237 g/mol. The smallest absolute Gasteiger partial charge is 0.197 e. The van der Waals surface area contributed by atoms with E-state index in [1.807, 2.05) is 0 Å². The van der Waals surface area contributed by atoms with Gasteiger partial charge in [-0.3, -0.25) is 0 Å². The van der Waals surface area contributed by atoms with Crippen LogP contribution in [0.2, 0.25) is 0 Å². The molecule has 0 N–H and O–H groups in total. The van der Waals surface area contributed by atoms with Crippen LogP contribution >= 0.6 is 0 Å². The van der Waals surface area contributed by atoms with Gasteiger partial charge in [0.05, 0.1) is 0 Å². The predicted molar refractivity (Wildman–Crippen MR) is 8.14 cm³/mol. The molecule has 4 heavy (non-hydrogen) atoms. The van der Waals surface area contributed by atoms with Crippen molar-refractivity contribution in [3.8, 4) is 0 Å². The van der Waals surface area contributed by atoms with Crippen LogP contribution in [0.4, 0.5) is 0 Å².